The molecular weight excluding hydrogens is 384 g/mol. The quantitative estimate of drug-likeness (QED) is 0.845. The van der Waals surface area contributed by atoms with Crippen LogP contribution in [0.15, 0.2) is 32.3 Å². The van der Waals surface area contributed by atoms with Crippen LogP contribution in [0.2, 0.25) is 0 Å². The fourth-order valence-electron chi connectivity index (χ4n) is 1.76. The summed E-state index contributed by atoms with van der Waals surface area (Å²) in [4.78, 5) is 0. The van der Waals surface area contributed by atoms with Crippen LogP contribution in [0.3, 0.4) is 0 Å². The van der Waals surface area contributed by atoms with Gasteiger partial charge in [-0.25, -0.2) is 21.9 Å². The minimum Gasteiger partial charge on any atom is -0.207 e. The van der Waals surface area contributed by atoms with Crippen molar-refractivity contribution in [2.75, 3.05) is 0 Å². The molecule has 0 saturated heterocycles. The highest BCUT2D eigenvalue weighted by atomic mass is 79.9. The number of nitrogens with one attached hydrogen (secondary N) is 1. The first-order valence-electron chi connectivity index (χ1n) is 5.94. The second kappa shape index (κ2) is 6.12. The Morgan fingerprint density at radius 2 is 1.95 bits per heavy atom. The van der Waals surface area contributed by atoms with Gasteiger partial charge in [0.25, 0.3) is 10.0 Å². The maximum absolute atomic E-state index is 13.7. The van der Waals surface area contributed by atoms with E-state index in [1.807, 2.05) is 0 Å². The van der Waals surface area contributed by atoms with Crippen LogP contribution in [0.4, 0.5) is 8.78 Å². The van der Waals surface area contributed by atoms with Crippen molar-refractivity contribution in [2.24, 2.45) is 0 Å². The summed E-state index contributed by atoms with van der Waals surface area (Å²) in [6.07, 6.45) is 0. The largest absolute Gasteiger partial charge is 0.250 e. The van der Waals surface area contributed by atoms with Crippen LogP contribution in [0.5, 0.6) is 0 Å². The van der Waals surface area contributed by atoms with Gasteiger partial charge in [-0.15, -0.1) is 11.3 Å². The zero-order valence-corrected chi connectivity index (χ0v) is 14.4. The van der Waals surface area contributed by atoms with Crippen molar-refractivity contribution in [1.82, 2.24) is 4.72 Å². The van der Waals surface area contributed by atoms with Crippen LogP contribution >= 0.6 is 27.3 Å². The number of hydrogen-bond donors (Lipinski definition) is 1. The van der Waals surface area contributed by atoms with Crippen molar-refractivity contribution >= 4 is 37.3 Å². The summed E-state index contributed by atoms with van der Waals surface area (Å²) in [7, 11) is -3.79. The van der Waals surface area contributed by atoms with Crippen molar-refractivity contribution in [1.29, 1.82) is 0 Å². The van der Waals surface area contributed by atoms with Crippen molar-refractivity contribution in [3.05, 3.63) is 50.8 Å². The van der Waals surface area contributed by atoms with E-state index in [2.05, 4.69) is 20.7 Å². The first kappa shape index (κ1) is 16.5. The molecule has 0 aliphatic heterocycles. The van der Waals surface area contributed by atoms with E-state index in [4.69, 9.17) is 0 Å². The van der Waals surface area contributed by atoms with Gasteiger partial charge >= 0.3 is 0 Å². The Bertz CT molecular complexity index is 755. The minimum absolute atomic E-state index is 0.0362. The first-order chi connectivity index (χ1) is 9.70. The molecule has 0 spiro atoms. The number of thiophene rings is 1. The lowest BCUT2D eigenvalue weighted by Crippen LogP contribution is -2.27. The fraction of sp³-hybridized carbons (Fsp3) is 0.231. The zero-order chi connectivity index (χ0) is 15.8. The lowest BCUT2D eigenvalue weighted by atomic mass is 10.1. The molecule has 114 valence electrons. The molecule has 1 N–H and O–H groups in total. The molecule has 1 atom stereocenters. The van der Waals surface area contributed by atoms with Gasteiger partial charge in [0.05, 0.1) is 3.79 Å². The van der Waals surface area contributed by atoms with Crippen molar-refractivity contribution in [2.45, 2.75) is 24.1 Å². The lowest BCUT2D eigenvalue weighted by molar-refractivity contribution is 0.542. The maximum Gasteiger partial charge on any atom is 0.250 e. The van der Waals surface area contributed by atoms with Crippen molar-refractivity contribution in [3.63, 3.8) is 0 Å². The Hall–Kier alpha value is -0.830. The van der Waals surface area contributed by atoms with Gasteiger partial charge in [-0.3, -0.25) is 0 Å². The number of halogens is 3. The molecule has 0 amide bonds. The van der Waals surface area contributed by atoms with E-state index in [0.29, 0.717) is 3.79 Å². The molecule has 0 radical (unpaired) electrons. The molecule has 8 heteroatoms. The van der Waals surface area contributed by atoms with Gasteiger partial charge in [0.2, 0.25) is 0 Å². The van der Waals surface area contributed by atoms with Crippen LogP contribution in [0, 0.1) is 18.6 Å². The summed E-state index contributed by atoms with van der Waals surface area (Å²) < 4.78 is 54.5. The van der Waals surface area contributed by atoms with Gasteiger partial charge in [-0.1, -0.05) is 0 Å². The Morgan fingerprint density at radius 3 is 2.52 bits per heavy atom. The van der Waals surface area contributed by atoms with Crippen LogP contribution in [0.1, 0.15) is 24.1 Å². The molecule has 0 saturated carbocycles. The molecule has 3 nitrogen and oxygen atoms in total. The minimum atomic E-state index is -3.79. The molecule has 0 aliphatic carbocycles. The van der Waals surface area contributed by atoms with Gasteiger partial charge in [-0.05, 0) is 59.6 Å². The van der Waals surface area contributed by atoms with E-state index in [0.717, 1.165) is 35.1 Å². The predicted molar refractivity (Wildman–Crippen MR) is 81.9 cm³/mol. The first-order valence-corrected chi connectivity index (χ1v) is 9.03. The summed E-state index contributed by atoms with van der Waals surface area (Å²) in [5, 5.41) is 0. The van der Waals surface area contributed by atoms with Crippen LogP contribution < -0.4 is 4.72 Å². The normalized spacial score (nSPS) is 13.4. The van der Waals surface area contributed by atoms with Gasteiger partial charge in [0, 0.05) is 11.6 Å². The maximum atomic E-state index is 13.7. The average Bonchev–Trinajstić information content (AvgIpc) is 2.73. The number of aryl methyl sites for hydroxylation is 1. The highest BCUT2D eigenvalue weighted by Gasteiger charge is 2.23. The van der Waals surface area contributed by atoms with E-state index >= 15 is 0 Å². The zero-order valence-electron chi connectivity index (χ0n) is 11.2. The molecule has 0 aliphatic rings. The van der Waals surface area contributed by atoms with Crippen LogP contribution in [-0.4, -0.2) is 8.42 Å². The molecule has 2 rings (SSSR count). The van der Waals surface area contributed by atoms with Crippen LogP contribution in [0.25, 0.3) is 0 Å². The molecule has 1 heterocycles. The van der Waals surface area contributed by atoms with Crippen LogP contribution in [-0.2, 0) is 10.0 Å². The summed E-state index contributed by atoms with van der Waals surface area (Å²) in [5.74, 6) is -1.28. The third kappa shape index (κ3) is 3.68. The SMILES string of the molecule is Cc1cc(S(=O)(=O)NC(C)c2cc(F)ccc2F)sc1Br. The topological polar surface area (TPSA) is 46.2 Å². The van der Waals surface area contributed by atoms with E-state index < -0.39 is 27.7 Å². The average molecular weight is 396 g/mol. The van der Waals surface area contributed by atoms with E-state index in [-0.39, 0.29) is 9.77 Å². The highest BCUT2D eigenvalue weighted by molar-refractivity contribution is 9.11. The second-order valence-electron chi connectivity index (χ2n) is 4.53. The summed E-state index contributed by atoms with van der Waals surface area (Å²) in [5.41, 5.74) is 0.760. The molecule has 1 unspecified atom stereocenters. The summed E-state index contributed by atoms with van der Waals surface area (Å²) >= 11 is 4.32. The third-order valence-electron chi connectivity index (χ3n) is 2.86. The predicted octanol–water partition coefficient (Wildman–Crippen LogP) is 4.14. The number of hydrogen-bond acceptors (Lipinski definition) is 3. The van der Waals surface area contributed by atoms with Gasteiger partial charge in [-0.2, -0.15) is 0 Å². The fourth-order valence-corrected chi connectivity index (χ4v) is 5.23. The monoisotopic (exact) mass is 395 g/mol. The lowest BCUT2D eigenvalue weighted by Gasteiger charge is -2.14. The molecule has 1 aromatic heterocycles. The molecule has 0 fully saturated rings. The Morgan fingerprint density at radius 1 is 1.29 bits per heavy atom. The molecule has 1 aromatic carbocycles. The smallest absolute Gasteiger partial charge is 0.207 e. The molecule has 2 aromatic rings. The number of benzene rings is 1. The molecule has 0 bridgehead atoms. The molecule has 21 heavy (non-hydrogen) atoms. The Kier molecular flexibility index (Phi) is 4.82. The summed E-state index contributed by atoms with van der Waals surface area (Å²) in [6.45, 7) is 3.24. The van der Waals surface area contributed by atoms with Gasteiger partial charge < -0.3 is 0 Å². The summed E-state index contributed by atoms with van der Waals surface area (Å²) in [6, 6.07) is 3.58. The third-order valence-corrected chi connectivity index (χ3v) is 7.01. The van der Waals surface area contributed by atoms with Crippen molar-refractivity contribution in [3.8, 4) is 0 Å². The van der Waals surface area contributed by atoms with E-state index in [1.54, 1.807) is 6.92 Å². The molecular formula is C13H12BrF2NO2S2. The second-order valence-corrected chi connectivity index (χ2v) is 8.84. The van der Waals surface area contributed by atoms with Gasteiger partial charge in [0.15, 0.2) is 0 Å². The van der Waals surface area contributed by atoms with E-state index in [1.165, 1.54) is 13.0 Å². The number of rotatable bonds is 4. The van der Waals surface area contributed by atoms with E-state index in [9.17, 15) is 17.2 Å². The Labute approximate surface area is 134 Å². The number of sulfonamides is 1. The van der Waals surface area contributed by atoms with Crippen molar-refractivity contribution < 1.29 is 17.2 Å². The standard InChI is InChI=1S/C13H12BrF2NO2S2/c1-7-5-12(20-13(7)14)21(18,19)17-8(2)10-6-9(15)3-4-11(10)16/h3-6,8,17H,1-2H3. The highest BCUT2D eigenvalue weighted by Crippen LogP contribution is 2.31. The Balaban J connectivity index is 2.29. The van der Waals surface area contributed by atoms with Gasteiger partial charge in [0.1, 0.15) is 15.8 Å².